The SMILES string of the molecule is COCCCNCC1CC1(CO)C(C)C. The van der Waals surface area contributed by atoms with E-state index in [9.17, 15) is 5.11 Å². The van der Waals surface area contributed by atoms with E-state index in [1.54, 1.807) is 7.11 Å². The second-order valence-electron chi connectivity index (χ2n) is 5.00. The first-order valence-corrected chi connectivity index (χ1v) is 5.98. The Morgan fingerprint density at radius 1 is 1.53 bits per heavy atom. The van der Waals surface area contributed by atoms with Crippen LogP contribution in [-0.2, 0) is 4.74 Å². The van der Waals surface area contributed by atoms with E-state index < -0.39 is 0 Å². The van der Waals surface area contributed by atoms with Crippen molar-refractivity contribution in [2.24, 2.45) is 17.3 Å². The van der Waals surface area contributed by atoms with Crippen molar-refractivity contribution in [1.29, 1.82) is 0 Å². The lowest BCUT2D eigenvalue weighted by Crippen LogP contribution is -2.25. The van der Waals surface area contributed by atoms with E-state index >= 15 is 0 Å². The van der Waals surface area contributed by atoms with Gasteiger partial charge in [-0.3, -0.25) is 0 Å². The molecule has 0 aliphatic heterocycles. The fourth-order valence-electron chi connectivity index (χ4n) is 2.38. The van der Waals surface area contributed by atoms with Gasteiger partial charge in [0.2, 0.25) is 0 Å². The molecule has 0 heterocycles. The first-order valence-electron chi connectivity index (χ1n) is 5.98. The van der Waals surface area contributed by atoms with Gasteiger partial charge in [0.1, 0.15) is 0 Å². The molecule has 2 N–H and O–H groups in total. The topological polar surface area (TPSA) is 41.5 Å². The molecule has 0 aromatic carbocycles. The van der Waals surface area contributed by atoms with Crippen LogP contribution in [0.15, 0.2) is 0 Å². The summed E-state index contributed by atoms with van der Waals surface area (Å²) in [6, 6.07) is 0. The lowest BCUT2D eigenvalue weighted by atomic mass is 9.90. The van der Waals surface area contributed by atoms with Gasteiger partial charge in [0.25, 0.3) is 0 Å². The van der Waals surface area contributed by atoms with Gasteiger partial charge >= 0.3 is 0 Å². The van der Waals surface area contributed by atoms with Crippen molar-refractivity contribution in [2.75, 3.05) is 33.4 Å². The predicted molar refractivity (Wildman–Crippen MR) is 61.8 cm³/mol. The third-order valence-corrected chi connectivity index (χ3v) is 3.82. The van der Waals surface area contributed by atoms with Crippen LogP contribution in [0.2, 0.25) is 0 Å². The van der Waals surface area contributed by atoms with Crippen LogP contribution in [-0.4, -0.2) is 38.5 Å². The number of aliphatic hydroxyl groups excluding tert-OH is 1. The predicted octanol–water partition coefficient (Wildman–Crippen LogP) is 1.27. The van der Waals surface area contributed by atoms with Gasteiger partial charge in [0.05, 0.1) is 0 Å². The first-order chi connectivity index (χ1) is 7.17. The Kier molecular flexibility index (Phi) is 5.03. The molecule has 0 spiro atoms. The molecule has 0 saturated heterocycles. The molecule has 90 valence electrons. The zero-order valence-corrected chi connectivity index (χ0v) is 10.3. The minimum Gasteiger partial charge on any atom is -0.396 e. The fraction of sp³-hybridized carbons (Fsp3) is 1.00. The fourth-order valence-corrected chi connectivity index (χ4v) is 2.38. The van der Waals surface area contributed by atoms with Crippen LogP contribution in [0.4, 0.5) is 0 Å². The van der Waals surface area contributed by atoms with Gasteiger partial charge < -0.3 is 15.2 Å². The van der Waals surface area contributed by atoms with E-state index in [4.69, 9.17) is 4.74 Å². The van der Waals surface area contributed by atoms with Crippen LogP contribution in [0.5, 0.6) is 0 Å². The van der Waals surface area contributed by atoms with E-state index in [0.717, 1.165) is 26.1 Å². The van der Waals surface area contributed by atoms with Crippen LogP contribution in [0.3, 0.4) is 0 Å². The molecule has 0 aromatic heterocycles. The molecule has 1 rings (SSSR count). The van der Waals surface area contributed by atoms with Crippen LogP contribution in [0.25, 0.3) is 0 Å². The molecule has 0 amide bonds. The minimum absolute atomic E-state index is 0.217. The number of methoxy groups -OCH3 is 1. The van der Waals surface area contributed by atoms with Crippen molar-refractivity contribution < 1.29 is 9.84 Å². The second kappa shape index (κ2) is 5.83. The Balaban J connectivity index is 2.10. The summed E-state index contributed by atoms with van der Waals surface area (Å²) in [5.74, 6) is 1.26. The van der Waals surface area contributed by atoms with Crippen LogP contribution >= 0.6 is 0 Å². The number of hydrogen-bond acceptors (Lipinski definition) is 3. The molecule has 0 radical (unpaired) electrons. The number of rotatable bonds is 8. The Bertz CT molecular complexity index is 184. The summed E-state index contributed by atoms with van der Waals surface area (Å²) < 4.78 is 4.98. The Morgan fingerprint density at radius 2 is 2.27 bits per heavy atom. The van der Waals surface area contributed by atoms with E-state index in [0.29, 0.717) is 18.4 Å². The van der Waals surface area contributed by atoms with Crippen molar-refractivity contribution >= 4 is 0 Å². The van der Waals surface area contributed by atoms with Crippen molar-refractivity contribution in [3.63, 3.8) is 0 Å². The summed E-state index contributed by atoms with van der Waals surface area (Å²) in [5.41, 5.74) is 0.217. The molecule has 1 aliphatic rings. The molecule has 0 aromatic rings. The van der Waals surface area contributed by atoms with Crippen LogP contribution < -0.4 is 5.32 Å². The lowest BCUT2D eigenvalue weighted by molar-refractivity contribution is 0.155. The summed E-state index contributed by atoms with van der Waals surface area (Å²) in [7, 11) is 1.73. The third-order valence-electron chi connectivity index (χ3n) is 3.82. The Hall–Kier alpha value is -0.120. The van der Waals surface area contributed by atoms with Gasteiger partial charge in [-0.15, -0.1) is 0 Å². The van der Waals surface area contributed by atoms with E-state index in [1.807, 2.05) is 0 Å². The summed E-state index contributed by atoms with van der Waals surface area (Å²) in [6.07, 6.45) is 2.25. The summed E-state index contributed by atoms with van der Waals surface area (Å²) in [5, 5.41) is 12.8. The summed E-state index contributed by atoms with van der Waals surface area (Å²) in [4.78, 5) is 0. The molecule has 1 fully saturated rings. The minimum atomic E-state index is 0.217. The highest BCUT2D eigenvalue weighted by atomic mass is 16.5. The summed E-state index contributed by atoms with van der Waals surface area (Å²) >= 11 is 0. The van der Waals surface area contributed by atoms with E-state index in [1.165, 1.54) is 6.42 Å². The highest BCUT2D eigenvalue weighted by Gasteiger charge is 2.54. The van der Waals surface area contributed by atoms with Crippen LogP contribution in [0.1, 0.15) is 26.7 Å². The maximum Gasteiger partial charge on any atom is 0.0493 e. The molecule has 2 atom stereocenters. The third kappa shape index (κ3) is 3.16. The zero-order chi connectivity index (χ0) is 11.3. The molecule has 2 unspecified atom stereocenters. The average molecular weight is 215 g/mol. The first kappa shape index (κ1) is 12.9. The molecular formula is C12H25NO2. The van der Waals surface area contributed by atoms with Crippen molar-refractivity contribution in [1.82, 2.24) is 5.32 Å². The van der Waals surface area contributed by atoms with Crippen molar-refractivity contribution in [3.05, 3.63) is 0 Å². The normalized spacial score (nSPS) is 29.8. The largest absolute Gasteiger partial charge is 0.396 e. The second-order valence-corrected chi connectivity index (χ2v) is 5.00. The standard InChI is InChI=1S/C12H25NO2/c1-10(2)12(9-14)7-11(12)8-13-5-4-6-15-3/h10-11,13-14H,4-9H2,1-3H3. The number of ether oxygens (including phenoxy) is 1. The molecular weight excluding hydrogens is 190 g/mol. The van der Waals surface area contributed by atoms with Crippen molar-refractivity contribution in [3.8, 4) is 0 Å². The zero-order valence-electron chi connectivity index (χ0n) is 10.3. The Morgan fingerprint density at radius 3 is 2.73 bits per heavy atom. The monoisotopic (exact) mass is 215 g/mol. The van der Waals surface area contributed by atoms with Gasteiger partial charge in [-0.25, -0.2) is 0 Å². The highest BCUT2D eigenvalue weighted by molar-refractivity contribution is 5.04. The maximum atomic E-state index is 9.39. The average Bonchev–Trinajstić information content (AvgIpc) is 2.93. The molecule has 1 aliphatic carbocycles. The van der Waals surface area contributed by atoms with E-state index in [2.05, 4.69) is 19.2 Å². The molecule has 3 nitrogen and oxygen atoms in total. The van der Waals surface area contributed by atoms with Crippen molar-refractivity contribution in [2.45, 2.75) is 26.7 Å². The number of aliphatic hydroxyl groups is 1. The molecule has 0 bridgehead atoms. The van der Waals surface area contributed by atoms with Gasteiger partial charge in [-0.05, 0) is 37.8 Å². The quantitative estimate of drug-likeness (QED) is 0.599. The molecule has 3 heteroatoms. The smallest absolute Gasteiger partial charge is 0.0493 e. The van der Waals surface area contributed by atoms with Gasteiger partial charge in [-0.1, -0.05) is 13.8 Å². The number of nitrogens with one attached hydrogen (secondary N) is 1. The van der Waals surface area contributed by atoms with Gasteiger partial charge in [0, 0.05) is 25.7 Å². The van der Waals surface area contributed by atoms with Gasteiger partial charge in [0.15, 0.2) is 0 Å². The van der Waals surface area contributed by atoms with Crippen LogP contribution in [0, 0.1) is 17.3 Å². The lowest BCUT2D eigenvalue weighted by Gasteiger charge is -2.19. The molecule has 15 heavy (non-hydrogen) atoms. The number of hydrogen-bond donors (Lipinski definition) is 2. The molecule has 1 saturated carbocycles. The van der Waals surface area contributed by atoms with E-state index in [-0.39, 0.29) is 5.41 Å². The van der Waals surface area contributed by atoms with Gasteiger partial charge in [-0.2, -0.15) is 0 Å². The Labute approximate surface area is 93.2 Å². The highest BCUT2D eigenvalue weighted by Crippen LogP contribution is 2.56. The maximum absolute atomic E-state index is 9.39. The summed E-state index contributed by atoms with van der Waals surface area (Å²) in [6.45, 7) is 7.65.